The zero-order valence-corrected chi connectivity index (χ0v) is 13.9. The van der Waals surface area contributed by atoms with E-state index < -0.39 is 0 Å². The van der Waals surface area contributed by atoms with Crippen molar-refractivity contribution >= 4 is 5.91 Å². The smallest absolute Gasteiger partial charge is 0.280 e. The van der Waals surface area contributed by atoms with Crippen LogP contribution in [-0.2, 0) is 11.2 Å². The molecular formula is C18H21FN2O4. The number of likely N-dealkylation sites (tertiary alicyclic amines) is 1. The number of aryl methyl sites for hydroxylation is 1. The zero-order valence-electron chi connectivity index (χ0n) is 13.9. The van der Waals surface area contributed by atoms with E-state index in [1.165, 1.54) is 18.2 Å². The first kappa shape index (κ1) is 17.3. The number of H-pyrrole nitrogens is 1. The summed E-state index contributed by atoms with van der Waals surface area (Å²) in [7, 11) is 0. The van der Waals surface area contributed by atoms with Crippen LogP contribution in [0.3, 0.4) is 0 Å². The summed E-state index contributed by atoms with van der Waals surface area (Å²) in [6.45, 7) is 1.89. The van der Waals surface area contributed by atoms with Crippen molar-refractivity contribution in [3.63, 3.8) is 0 Å². The van der Waals surface area contributed by atoms with Gasteiger partial charge in [-0.05, 0) is 37.1 Å². The van der Waals surface area contributed by atoms with E-state index in [1.807, 2.05) is 4.90 Å². The van der Waals surface area contributed by atoms with Crippen LogP contribution in [0.1, 0.15) is 25.0 Å². The Morgan fingerprint density at radius 3 is 2.88 bits per heavy atom. The average molecular weight is 348 g/mol. The van der Waals surface area contributed by atoms with Crippen LogP contribution in [0, 0.1) is 11.7 Å². The van der Waals surface area contributed by atoms with Gasteiger partial charge in [-0.3, -0.25) is 9.59 Å². The molecule has 25 heavy (non-hydrogen) atoms. The molecule has 1 atom stereocenters. The normalized spacial score (nSPS) is 17.5. The number of rotatable bonds is 6. The summed E-state index contributed by atoms with van der Waals surface area (Å²) in [5.41, 5.74) is -0.293. The average Bonchev–Trinajstić information content (AvgIpc) is 3.05. The summed E-state index contributed by atoms with van der Waals surface area (Å²) in [6.07, 6.45) is 2.65. The summed E-state index contributed by atoms with van der Waals surface area (Å²) < 4.78 is 23.6. The van der Waals surface area contributed by atoms with Crippen molar-refractivity contribution in [2.24, 2.45) is 5.92 Å². The van der Waals surface area contributed by atoms with Crippen LogP contribution in [0.15, 0.2) is 39.6 Å². The van der Waals surface area contributed by atoms with Crippen LogP contribution < -0.4 is 10.3 Å². The number of hydrogen-bond donors (Lipinski definition) is 1. The lowest BCUT2D eigenvalue weighted by Crippen LogP contribution is -2.41. The topological polar surface area (TPSA) is 75.5 Å². The Bertz CT molecular complexity index is 753. The van der Waals surface area contributed by atoms with E-state index in [0.29, 0.717) is 37.5 Å². The third-order valence-electron chi connectivity index (χ3n) is 4.33. The first-order valence-electron chi connectivity index (χ1n) is 8.43. The van der Waals surface area contributed by atoms with E-state index >= 15 is 0 Å². The molecule has 7 heteroatoms. The Kier molecular flexibility index (Phi) is 5.53. The van der Waals surface area contributed by atoms with Gasteiger partial charge in [-0.15, -0.1) is 0 Å². The van der Waals surface area contributed by atoms with Gasteiger partial charge in [0.15, 0.2) is 0 Å². The summed E-state index contributed by atoms with van der Waals surface area (Å²) in [6, 6.07) is 7.30. The molecule has 134 valence electrons. The number of nitrogens with one attached hydrogen (secondary N) is 1. The van der Waals surface area contributed by atoms with E-state index in [0.717, 1.165) is 19.4 Å². The van der Waals surface area contributed by atoms with Crippen molar-refractivity contribution in [1.82, 2.24) is 10.1 Å². The molecule has 1 unspecified atom stereocenters. The van der Waals surface area contributed by atoms with E-state index in [-0.39, 0.29) is 23.2 Å². The van der Waals surface area contributed by atoms with Crippen LogP contribution in [0.4, 0.5) is 4.39 Å². The van der Waals surface area contributed by atoms with Crippen LogP contribution in [0.25, 0.3) is 0 Å². The molecule has 6 nitrogen and oxygen atoms in total. The SMILES string of the molecule is O=C(CCc1cc(=O)[nH]o1)N1CCCC(COc2ccc(F)cc2)C1. The summed E-state index contributed by atoms with van der Waals surface area (Å²) >= 11 is 0. The first-order chi connectivity index (χ1) is 12.1. The number of aromatic amines is 1. The molecule has 0 aliphatic carbocycles. The second kappa shape index (κ2) is 8.00. The molecular weight excluding hydrogens is 327 g/mol. The minimum absolute atomic E-state index is 0.0512. The summed E-state index contributed by atoms with van der Waals surface area (Å²) in [5.74, 6) is 1.14. The standard InChI is InChI=1S/C18H21FN2O4/c19-14-3-5-15(6-4-14)24-12-13-2-1-9-21(11-13)18(23)8-7-16-10-17(22)20-25-16/h3-6,10,13H,1-2,7-9,11-12H2,(H,20,22). The molecule has 1 aliphatic rings. The van der Waals surface area contributed by atoms with Crippen LogP contribution >= 0.6 is 0 Å². The van der Waals surface area contributed by atoms with Crippen LogP contribution in [-0.4, -0.2) is 35.7 Å². The number of nitrogens with zero attached hydrogens (tertiary/aromatic N) is 1. The Morgan fingerprint density at radius 2 is 2.16 bits per heavy atom. The van der Waals surface area contributed by atoms with Crippen molar-refractivity contribution in [1.29, 1.82) is 0 Å². The van der Waals surface area contributed by atoms with Crippen molar-refractivity contribution in [3.05, 3.63) is 52.3 Å². The Balaban J connectivity index is 1.45. The van der Waals surface area contributed by atoms with Crippen molar-refractivity contribution in [3.8, 4) is 5.75 Å². The second-order valence-corrected chi connectivity index (χ2v) is 6.29. The highest BCUT2D eigenvalue weighted by atomic mass is 19.1. The number of carbonyl (C=O) groups is 1. The lowest BCUT2D eigenvalue weighted by molar-refractivity contribution is -0.133. The molecule has 1 fully saturated rings. The molecule has 1 aromatic carbocycles. The molecule has 1 N–H and O–H groups in total. The molecule has 0 spiro atoms. The number of amides is 1. The van der Waals surface area contributed by atoms with E-state index in [4.69, 9.17) is 9.26 Å². The van der Waals surface area contributed by atoms with Crippen molar-refractivity contribution < 1.29 is 18.4 Å². The first-order valence-corrected chi connectivity index (χ1v) is 8.43. The van der Waals surface area contributed by atoms with Gasteiger partial charge in [0.25, 0.3) is 5.56 Å². The largest absolute Gasteiger partial charge is 0.493 e. The maximum atomic E-state index is 12.9. The lowest BCUT2D eigenvalue weighted by Gasteiger charge is -2.32. The molecule has 2 aromatic rings. The number of carbonyl (C=O) groups excluding carboxylic acids is 1. The predicted octanol–water partition coefficient (Wildman–Crippen LogP) is 2.36. The molecule has 3 rings (SSSR count). The maximum absolute atomic E-state index is 12.9. The highest BCUT2D eigenvalue weighted by Gasteiger charge is 2.24. The van der Waals surface area contributed by atoms with Gasteiger partial charge in [0.1, 0.15) is 17.3 Å². The Hall–Kier alpha value is -2.57. The fourth-order valence-corrected chi connectivity index (χ4v) is 3.00. The highest BCUT2D eigenvalue weighted by Crippen LogP contribution is 2.20. The van der Waals surface area contributed by atoms with E-state index in [9.17, 15) is 14.0 Å². The van der Waals surface area contributed by atoms with E-state index in [1.54, 1.807) is 12.1 Å². The molecule has 0 bridgehead atoms. The summed E-state index contributed by atoms with van der Waals surface area (Å²) in [5, 5.41) is 2.22. The van der Waals surface area contributed by atoms with Gasteiger partial charge < -0.3 is 14.2 Å². The fourth-order valence-electron chi connectivity index (χ4n) is 3.00. The van der Waals surface area contributed by atoms with Crippen LogP contribution in [0.2, 0.25) is 0 Å². The summed E-state index contributed by atoms with van der Waals surface area (Å²) in [4.78, 5) is 25.2. The molecule has 2 heterocycles. The monoisotopic (exact) mass is 348 g/mol. The van der Waals surface area contributed by atoms with Crippen LogP contribution in [0.5, 0.6) is 5.75 Å². The Labute approximate surface area is 144 Å². The third kappa shape index (κ3) is 4.95. The number of aromatic nitrogens is 1. The van der Waals surface area contributed by atoms with Crippen molar-refractivity contribution in [2.75, 3.05) is 19.7 Å². The maximum Gasteiger partial charge on any atom is 0.280 e. The molecule has 1 saturated heterocycles. The van der Waals surface area contributed by atoms with Gasteiger partial charge in [-0.1, -0.05) is 0 Å². The minimum Gasteiger partial charge on any atom is -0.493 e. The van der Waals surface area contributed by atoms with E-state index in [2.05, 4.69) is 5.16 Å². The zero-order chi connectivity index (χ0) is 17.6. The molecule has 1 aliphatic heterocycles. The lowest BCUT2D eigenvalue weighted by atomic mass is 9.98. The number of halogens is 1. The van der Waals surface area contributed by atoms with Gasteiger partial charge in [0.2, 0.25) is 5.91 Å². The number of piperidine rings is 1. The highest BCUT2D eigenvalue weighted by molar-refractivity contribution is 5.76. The number of benzene rings is 1. The molecule has 0 saturated carbocycles. The Morgan fingerprint density at radius 1 is 1.36 bits per heavy atom. The molecule has 1 amide bonds. The third-order valence-corrected chi connectivity index (χ3v) is 4.33. The second-order valence-electron chi connectivity index (χ2n) is 6.29. The van der Waals surface area contributed by atoms with Gasteiger partial charge in [0.05, 0.1) is 6.61 Å². The fraction of sp³-hybridized carbons (Fsp3) is 0.444. The number of hydrogen-bond acceptors (Lipinski definition) is 4. The minimum atomic E-state index is -0.293. The predicted molar refractivity (Wildman–Crippen MR) is 88.8 cm³/mol. The number of ether oxygens (including phenoxy) is 1. The molecule has 1 aromatic heterocycles. The van der Waals surface area contributed by atoms with Gasteiger partial charge >= 0.3 is 0 Å². The molecule has 0 radical (unpaired) electrons. The van der Waals surface area contributed by atoms with Gasteiger partial charge in [-0.25, -0.2) is 4.39 Å². The van der Waals surface area contributed by atoms with Gasteiger partial charge in [-0.2, -0.15) is 5.16 Å². The quantitative estimate of drug-likeness (QED) is 0.869. The van der Waals surface area contributed by atoms with Crippen molar-refractivity contribution in [2.45, 2.75) is 25.7 Å². The van der Waals surface area contributed by atoms with Gasteiger partial charge in [0, 0.05) is 37.9 Å².